The zero-order valence-corrected chi connectivity index (χ0v) is 45.2. The van der Waals surface area contributed by atoms with Gasteiger partial charge in [0, 0.05) is 27.9 Å². The molecule has 0 radical (unpaired) electrons. The number of rotatable bonds is 2. The molecule has 9 aromatic rings. The maximum atomic E-state index is 9.96. The van der Waals surface area contributed by atoms with Gasteiger partial charge < -0.3 is 11.6 Å². The number of aromatic nitrogens is 5. The van der Waals surface area contributed by atoms with Crippen molar-refractivity contribution in [1.29, 1.82) is 0 Å². The third kappa shape index (κ3) is 12.1. The predicted molar refractivity (Wildman–Crippen MR) is 245 cm³/mol. The molecule has 10 rings (SSSR count). The third-order valence-electron chi connectivity index (χ3n) is 8.29. The van der Waals surface area contributed by atoms with Crippen molar-refractivity contribution >= 4 is 132 Å². The van der Waals surface area contributed by atoms with Crippen molar-refractivity contribution in [1.82, 2.24) is 23.5 Å². The zero-order chi connectivity index (χ0) is 39.8. The molecule has 0 N–H and O–H groups in total. The summed E-state index contributed by atoms with van der Waals surface area (Å²) < 4.78 is 27.7. The molecule has 3 aromatic heterocycles. The van der Waals surface area contributed by atoms with E-state index in [4.69, 9.17) is 16.4 Å². The smallest absolute Gasteiger partial charge is 1.00 e. The Morgan fingerprint density at radius 2 is 1.19 bits per heavy atom. The average Bonchev–Trinajstić information content (AvgIpc) is 3.92. The van der Waals surface area contributed by atoms with E-state index in [1.54, 1.807) is 0 Å². The molecule has 58 heavy (non-hydrogen) atoms. The molecule has 8 nitrogen and oxygen atoms in total. The number of benzene rings is 6. The van der Waals surface area contributed by atoms with Crippen molar-refractivity contribution in [3.05, 3.63) is 166 Å². The molecule has 16 heteroatoms. The second-order valence-electron chi connectivity index (χ2n) is 11.6. The van der Waals surface area contributed by atoms with E-state index in [1.807, 2.05) is 24.3 Å². The summed E-state index contributed by atoms with van der Waals surface area (Å²) in [4.78, 5) is 20.8. The molecule has 0 bridgehead atoms. The normalized spacial score (nSPS) is 10.6. The minimum absolute atomic E-state index is 0. The van der Waals surface area contributed by atoms with Crippen LogP contribution in [0.15, 0.2) is 151 Å². The number of nitrogens with zero attached hydrogens (tertiary/aromatic N) is 5. The van der Waals surface area contributed by atoms with Gasteiger partial charge in [-0.25, -0.2) is 9.97 Å². The molecule has 0 saturated carbocycles. The molecule has 0 atom stereocenters. The van der Waals surface area contributed by atoms with E-state index < -0.39 is 7.15 Å². The molecule has 0 spiro atoms. The summed E-state index contributed by atoms with van der Waals surface area (Å²) in [7, 11) is -1.00. The standard InChI is InChI=1S/C19H11Br2N3.C14H10N2.C6H3Br2I.CH3F.CH2O3.CH4.2K.H/c20-12-9-13(21)11-14(10-12)23-17-7-3-4-8-18(17)24-16-6-2-1-5-15(16)22-19(23)24;1-3-7-12-10(5-1)9-14-15-11-6-2-4-8-13(11)16(12)14;7-4-1-5(8)3-6(9)2-4;1-2;2-1-4-3;;;;/h1-11H;1-8H,9H2;1-3H;1H3;1,3H;1H4;;;/q;;;;;;2*+1;-1/p-1/i;;;1D;;;;;. The summed E-state index contributed by atoms with van der Waals surface area (Å²) in [5, 5.41) is 8.43. The summed E-state index contributed by atoms with van der Waals surface area (Å²) in [5.41, 5.74) is 10.4. The van der Waals surface area contributed by atoms with Crippen LogP contribution in [0.2, 0.25) is 0 Å². The maximum absolute atomic E-state index is 9.96. The van der Waals surface area contributed by atoms with Crippen LogP contribution in [-0.4, -0.2) is 37.1 Å². The van der Waals surface area contributed by atoms with Gasteiger partial charge in [-0.2, -0.15) is 0 Å². The van der Waals surface area contributed by atoms with Gasteiger partial charge in [0.05, 0.1) is 53.0 Å². The number of hydrogen-bond acceptors (Lipinski definition) is 5. The first-order chi connectivity index (χ1) is 27.2. The number of fused-ring (bicyclic) bond motifs is 10. The molecule has 288 valence electrons. The number of hydrogen-bond donors (Lipinski definition) is 0. The van der Waals surface area contributed by atoms with E-state index in [0.717, 1.165) is 69.2 Å². The van der Waals surface area contributed by atoms with Gasteiger partial charge in [-0.1, -0.05) is 126 Å². The molecule has 6 aromatic carbocycles. The number of halogens is 6. The summed E-state index contributed by atoms with van der Waals surface area (Å²) in [6.07, 6.45) is 0.949. The van der Waals surface area contributed by atoms with Gasteiger partial charge in [0.1, 0.15) is 5.82 Å². The molecule has 4 heterocycles. The van der Waals surface area contributed by atoms with Gasteiger partial charge in [0.2, 0.25) is 5.78 Å². The Balaban J connectivity index is 0.000000300. The molecular formula is C42H33Br4FIK2N5O3. The summed E-state index contributed by atoms with van der Waals surface area (Å²) in [5.74, 6) is 2.07. The van der Waals surface area contributed by atoms with E-state index >= 15 is 0 Å². The maximum Gasteiger partial charge on any atom is 1.00 e. The van der Waals surface area contributed by atoms with Gasteiger partial charge in [-0.3, -0.25) is 22.7 Å². The van der Waals surface area contributed by atoms with Crippen molar-refractivity contribution in [2.24, 2.45) is 0 Å². The Morgan fingerprint density at radius 3 is 1.76 bits per heavy atom. The molecule has 0 aliphatic carbocycles. The first-order valence-corrected chi connectivity index (χ1v) is 20.5. The second kappa shape index (κ2) is 24.8. The molecule has 0 unspecified atom stereocenters. The minimum atomic E-state index is -1.00. The van der Waals surface area contributed by atoms with E-state index in [1.165, 1.54) is 20.3 Å². The van der Waals surface area contributed by atoms with Crippen LogP contribution in [0.1, 0.15) is 21.6 Å². The number of imidazole rings is 3. The number of carbonyl (C=O) groups is 1. The van der Waals surface area contributed by atoms with E-state index in [9.17, 15) is 4.39 Å². The molecular weight excluding hydrogens is 1170 g/mol. The summed E-state index contributed by atoms with van der Waals surface area (Å²) in [6.45, 7) is -0.181. The molecule has 0 saturated heterocycles. The molecule has 1 aliphatic rings. The van der Waals surface area contributed by atoms with Gasteiger partial charge in [0.25, 0.3) is 6.47 Å². The van der Waals surface area contributed by atoms with Crippen molar-refractivity contribution < 1.29 is 125 Å². The Bertz CT molecular complexity index is 2740. The third-order valence-corrected chi connectivity index (χ3v) is 10.7. The first-order valence-electron chi connectivity index (χ1n) is 16.9. The van der Waals surface area contributed by atoms with Gasteiger partial charge in [-0.05, 0) is 107 Å². The predicted octanol–water partition coefficient (Wildman–Crippen LogP) is 6.48. The second-order valence-corrected chi connectivity index (χ2v) is 16.5. The van der Waals surface area contributed by atoms with Crippen molar-refractivity contribution in [3.8, 4) is 11.4 Å². The Hall–Kier alpha value is -0.657. The van der Waals surface area contributed by atoms with E-state index in [2.05, 4.69) is 219 Å². The summed E-state index contributed by atoms with van der Waals surface area (Å²) >= 11 is 16.2. The molecule has 0 amide bonds. The SMILES string of the molecule is Brc1cc(Br)cc(-n2c3ccccc3n3c4ccccc4nc23)c1.Brc1cc(Br)cc(I)c1.C.O=CO[O-].[2H]CF.[H-].[K+].[K+].c1ccc2c(c1)Cc1nc3ccccc3n1-2. The van der Waals surface area contributed by atoms with Crippen LogP contribution in [0.3, 0.4) is 0 Å². The largest absolute Gasteiger partial charge is 1.00 e. The molecule has 1 aliphatic heterocycles. The van der Waals surface area contributed by atoms with Crippen LogP contribution >= 0.6 is 86.3 Å². The van der Waals surface area contributed by atoms with E-state index in [0.29, 0.717) is 0 Å². The topological polar surface area (TPSA) is 89.4 Å². The number of para-hydroxylation sites is 7. The summed E-state index contributed by atoms with van der Waals surface area (Å²) in [6, 6.07) is 45.9. The van der Waals surface area contributed by atoms with Crippen LogP contribution in [0, 0.1) is 3.57 Å². The van der Waals surface area contributed by atoms with Crippen LogP contribution in [0.4, 0.5) is 4.39 Å². The number of alkyl halides is 1. The van der Waals surface area contributed by atoms with Crippen molar-refractivity contribution in [3.63, 3.8) is 0 Å². The Morgan fingerprint density at radius 1 is 0.724 bits per heavy atom. The monoisotopic (exact) mass is 1200 g/mol. The van der Waals surface area contributed by atoms with Gasteiger partial charge in [0.15, 0.2) is 0 Å². The van der Waals surface area contributed by atoms with Crippen LogP contribution < -0.4 is 108 Å². The van der Waals surface area contributed by atoms with Crippen molar-refractivity contribution in [2.45, 2.75) is 13.8 Å². The molecule has 0 fully saturated rings. The van der Waals surface area contributed by atoms with E-state index in [-0.39, 0.29) is 118 Å². The van der Waals surface area contributed by atoms with Crippen LogP contribution in [0.5, 0.6) is 0 Å². The van der Waals surface area contributed by atoms with Gasteiger partial charge >= 0.3 is 103 Å². The van der Waals surface area contributed by atoms with Crippen LogP contribution in [0.25, 0.3) is 50.3 Å². The first kappa shape index (κ1) is 50.0. The quantitative estimate of drug-likeness (QED) is 0.0651. The Kier molecular flexibility index (Phi) is 21.4. The average molecular weight is 1200 g/mol. The number of carbonyl (C=O) groups excluding carboxylic acids is 1. The van der Waals surface area contributed by atoms with Gasteiger partial charge in [-0.15, -0.1) is 0 Å². The minimum Gasteiger partial charge on any atom is -1.00 e. The van der Waals surface area contributed by atoms with Crippen LogP contribution in [-0.2, 0) is 16.1 Å². The van der Waals surface area contributed by atoms with Crippen molar-refractivity contribution in [2.75, 3.05) is 7.15 Å². The fraction of sp³-hybridized carbons (Fsp3) is 0.0714. The Labute approximate surface area is 470 Å². The fourth-order valence-corrected chi connectivity index (χ4v) is 10.4. The fourth-order valence-electron chi connectivity index (χ4n) is 6.31. The zero-order valence-electron chi connectivity index (χ0n) is 32.4.